The SMILES string of the molecule is CC(C)C=CC(C)C1CCC2(C)C3=CCC4CC(O)CCC4(C)C3CCC12C. The maximum absolute atomic E-state index is 10.3. The molecule has 1 heteroatoms. The van der Waals surface area contributed by atoms with Gasteiger partial charge in [0.25, 0.3) is 0 Å². The second-order valence-corrected chi connectivity index (χ2v) is 12.0. The Kier molecular flexibility index (Phi) is 5.18. The van der Waals surface area contributed by atoms with Crippen LogP contribution in [0.5, 0.6) is 0 Å². The van der Waals surface area contributed by atoms with E-state index in [9.17, 15) is 5.11 Å². The fourth-order valence-electron chi connectivity index (χ4n) is 8.29. The highest BCUT2D eigenvalue weighted by molar-refractivity contribution is 5.32. The Balaban J connectivity index is 1.64. The Morgan fingerprint density at radius 1 is 1.00 bits per heavy atom. The van der Waals surface area contributed by atoms with Crippen molar-refractivity contribution in [2.75, 3.05) is 0 Å². The molecule has 0 heterocycles. The monoisotopic (exact) mass is 384 g/mol. The van der Waals surface area contributed by atoms with Crippen molar-refractivity contribution in [1.29, 1.82) is 0 Å². The molecule has 0 saturated heterocycles. The summed E-state index contributed by atoms with van der Waals surface area (Å²) in [5, 5.41) is 10.3. The molecule has 0 radical (unpaired) electrons. The van der Waals surface area contributed by atoms with Crippen molar-refractivity contribution in [2.45, 2.75) is 99.0 Å². The van der Waals surface area contributed by atoms with Crippen molar-refractivity contribution in [1.82, 2.24) is 0 Å². The van der Waals surface area contributed by atoms with Crippen LogP contribution in [0.4, 0.5) is 0 Å². The van der Waals surface area contributed by atoms with Crippen LogP contribution in [0.15, 0.2) is 23.8 Å². The molecule has 0 bridgehead atoms. The van der Waals surface area contributed by atoms with E-state index in [4.69, 9.17) is 0 Å². The molecule has 3 fully saturated rings. The molecule has 3 saturated carbocycles. The summed E-state index contributed by atoms with van der Waals surface area (Å²) in [7, 11) is 0. The Morgan fingerprint density at radius 3 is 2.46 bits per heavy atom. The summed E-state index contributed by atoms with van der Waals surface area (Å²) in [5.74, 6) is 3.61. The van der Waals surface area contributed by atoms with Gasteiger partial charge < -0.3 is 5.11 Å². The summed E-state index contributed by atoms with van der Waals surface area (Å²) in [5.41, 5.74) is 3.08. The first-order valence-electron chi connectivity index (χ1n) is 12.2. The summed E-state index contributed by atoms with van der Waals surface area (Å²) in [6, 6.07) is 0. The van der Waals surface area contributed by atoms with E-state index >= 15 is 0 Å². The largest absolute Gasteiger partial charge is 0.393 e. The van der Waals surface area contributed by atoms with Crippen molar-refractivity contribution in [3.05, 3.63) is 23.8 Å². The first-order valence-corrected chi connectivity index (χ1v) is 12.2. The highest BCUT2D eigenvalue weighted by Crippen LogP contribution is 2.72. The van der Waals surface area contributed by atoms with Gasteiger partial charge in [0, 0.05) is 0 Å². The lowest BCUT2D eigenvalue weighted by atomic mass is 9.43. The highest BCUT2D eigenvalue weighted by Gasteiger charge is 2.63. The molecule has 0 spiro atoms. The lowest BCUT2D eigenvalue weighted by Crippen LogP contribution is -2.53. The second-order valence-electron chi connectivity index (χ2n) is 12.0. The van der Waals surface area contributed by atoms with E-state index in [2.05, 4.69) is 59.8 Å². The Labute approximate surface area is 174 Å². The number of rotatable bonds is 3. The van der Waals surface area contributed by atoms with E-state index < -0.39 is 0 Å². The molecule has 0 aromatic rings. The topological polar surface area (TPSA) is 20.2 Å². The second kappa shape index (κ2) is 7.00. The standard InChI is InChI=1S/C27H44O/c1-18(2)7-8-19(3)22-12-15-27(6)24-10-9-20-17-21(28)11-14-25(20,4)23(24)13-16-26(22,27)5/h7-8,10,18-23,28H,9,11-17H2,1-6H3. The third-order valence-corrected chi connectivity index (χ3v) is 10.4. The molecule has 158 valence electrons. The molecule has 28 heavy (non-hydrogen) atoms. The molecule has 0 aliphatic heterocycles. The molecule has 0 amide bonds. The molecule has 0 aromatic carbocycles. The molecular weight excluding hydrogens is 340 g/mol. The lowest BCUT2D eigenvalue weighted by Gasteiger charge is -2.61. The summed E-state index contributed by atoms with van der Waals surface area (Å²) in [6.07, 6.45) is 17.6. The van der Waals surface area contributed by atoms with Gasteiger partial charge in [0.15, 0.2) is 0 Å². The Hall–Kier alpha value is -0.560. The van der Waals surface area contributed by atoms with E-state index in [0.717, 1.165) is 24.7 Å². The van der Waals surface area contributed by atoms with Crippen LogP contribution in [-0.2, 0) is 0 Å². The molecule has 0 aromatic heterocycles. The molecule has 1 N–H and O–H groups in total. The zero-order valence-corrected chi connectivity index (χ0v) is 19.3. The summed E-state index contributed by atoms with van der Waals surface area (Å²) in [4.78, 5) is 0. The van der Waals surface area contributed by atoms with Crippen LogP contribution in [0.1, 0.15) is 92.9 Å². The smallest absolute Gasteiger partial charge is 0.0543 e. The van der Waals surface area contributed by atoms with E-state index in [0.29, 0.717) is 34.0 Å². The zero-order chi connectivity index (χ0) is 20.3. The van der Waals surface area contributed by atoms with Crippen LogP contribution >= 0.6 is 0 Å². The van der Waals surface area contributed by atoms with Crippen LogP contribution < -0.4 is 0 Å². The first-order chi connectivity index (χ1) is 13.1. The van der Waals surface area contributed by atoms with Gasteiger partial charge in [-0.05, 0) is 97.2 Å². The van der Waals surface area contributed by atoms with Crippen molar-refractivity contribution < 1.29 is 5.11 Å². The third kappa shape index (κ3) is 2.90. The van der Waals surface area contributed by atoms with Crippen LogP contribution in [0.3, 0.4) is 0 Å². The van der Waals surface area contributed by atoms with Crippen molar-refractivity contribution >= 4 is 0 Å². The first kappa shape index (κ1) is 20.7. The predicted molar refractivity (Wildman–Crippen MR) is 119 cm³/mol. The van der Waals surface area contributed by atoms with Gasteiger partial charge in [-0.2, -0.15) is 0 Å². The average molecular weight is 385 g/mol. The van der Waals surface area contributed by atoms with Crippen molar-refractivity contribution in [2.24, 2.45) is 45.8 Å². The highest BCUT2D eigenvalue weighted by atomic mass is 16.3. The number of allylic oxidation sites excluding steroid dienone is 4. The normalized spacial score (nSPS) is 49.5. The molecular formula is C27H44O. The van der Waals surface area contributed by atoms with Gasteiger partial charge in [0.1, 0.15) is 0 Å². The van der Waals surface area contributed by atoms with E-state index in [1.807, 2.05) is 5.57 Å². The lowest BCUT2D eigenvalue weighted by molar-refractivity contribution is -0.0608. The summed E-state index contributed by atoms with van der Waals surface area (Å²) >= 11 is 0. The quantitative estimate of drug-likeness (QED) is 0.512. The minimum atomic E-state index is -0.0538. The van der Waals surface area contributed by atoms with E-state index in [-0.39, 0.29) is 6.10 Å². The summed E-state index contributed by atoms with van der Waals surface area (Å²) < 4.78 is 0. The maximum Gasteiger partial charge on any atom is 0.0543 e. The fourth-order valence-corrected chi connectivity index (χ4v) is 8.29. The van der Waals surface area contributed by atoms with Crippen LogP contribution in [0, 0.1) is 45.8 Å². The Bertz CT molecular complexity index is 659. The number of hydrogen-bond acceptors (Lipinski definition) is 1. The van der Waals surface area contributed by atoms with E-state index in [1.54, 1.807) is 0 Å². The summed E-state index contributed by atoms with van der Waals surface area (Å²) in [6.45, 7) is 14.9. The molecule has 8 unspecified atom stereocenters. The molecule has 1 nitrogen and oxygen atoms in total. The molecule has 4 aliphatic rings. The minimum absolute atomic E-state index is 0.0538. The van der Waals surface area contributed by atoms with Crippen LogP contribution in [0.2, 0.25) is 0 Å². The van der Waals surface area contributed by atoms with Gasteiger partial charge in [-0.1, -0.05) is 65.3 Å². The number of aliphatic hydroxyl groups is 1. The Morgan fingerprint density at radius 2 is 1.75 bits per heavy atom. The average Bonchev–Trinajstić information content (AvgIpc) is 2.92. The van der Waals surface area contributed by atoms with Crippen LogP contribution in [-0.4, -0.2) is 11.2 Å². The van der Waals surface area contributed by atoms with Gasteiger partial charge >= 0.3 is 0 Å². The molecule has 4 aliphatic carbocycles. The fraction of sp³-hybridized carbons (Fsp3) is 0.852. The van der Waals surface area contributed by atoms with Gasteiger partial charge in [-0.15, -0.1) is 0 Å². The minimum Gasteiger partial charge on any atom is -0.393 e. The van der Waals surface area contributed by atoms with E-state index in [1.165, 1.54) is 38.5 Å². The van der Waals surface area contributed by atoms with Crippen LogP contribution in [0.25, 0.3) is 0 Å². The number of fused-ring (bicyclic) bond motifs is 5. The number of aliphatic hydroxyl groups excluding tert-OH is 1. The molecule has 8 atom stereocenters. The van der Waals surface area contributed by atoms with Gasteiger partial charge in [0.2, 0.25) is 0 Å². The van der Waals surface area contributed by atoms with Crippen molar-refractivity contribution in [3.8, 4) is 0 Å². The predicted octanol–water partition coefficient (Wildman–Crippen LogP) is 7.16. The van der Waals surface area contributed by atoms with Gasteiger partial charge in [0.05, 0.1) is 6.10 Å². The van der Waals surface area contributed by atoms with Gasteiger partial charge in [-0.25, -0.2) is 0 Å². The molecule has 4 rings (SSSR count). The number of hydrogen-bond donors (Lipinski definition) is 1. The van der Waals surface area contributed by atoms with Crippen molar-refractivity contribution in [3.63, 3.8) is 0 Å². The maximum atomic E-state index is 10.3. The third-order valence-electron chi connectivity index (χ3n) is 10.4. The zero-order valence-electron chi connectivity index (χ0n) is 19.3. The van der Waals surface area contributed by atoms with Gasteiger partial charge in [-0.3, -0.25) is 0 Å².